The molecule has 0 saturated carbocycles. The normalized spacial score (nSPS) is 10.5. The van der Waals surface area contributed by atoms with E-state index in [4.69, 9.17) is 4.74 Å². The van der Waals surface area contributed by atoms with Gasteiger partial charge in [0, 0.05) is 0 Å². The fourth-order valence-electron chi connectivity index (χ4n) is 1.89. The molecule has 0 fully saturated rings. The maximum atomic E-state index is 12.5. The van der Waals surface area contributed by atoms with E-state index in [9.17, 15) is 22.8 Å². The minimum Gasteiger partial charge on any atom is -0.492 e. The van der Waals surface area contributed by atoms with Crippen LogP contribution >= 0.6 is 0 Å². The summed E-state index contributed by atoms with van der Waals surface area (Å²) in [6, 6.07) is 3.32. The second-order valence-corrected chi connectivity index (χ2v) is 6.66. The first kappa shape index (κ1) is 21.5. The van der Waals surface area contributed by atoms with Crippen molar-refractivity contribution >= 4 is 34.9 Å². The molecule has 1 heterocycles. The number of hydrogen-bond donors (Lipinski definition) is 2. The van der Waals surface area contributed by atoms with Crippen LogP contribution in [-0.4, -0.2) is 49.0 Å². The summed E-state index contributed by atoms with van der Waals surface area (Å²) in [4.78, 5) is 43.2. The van der Waals surface area contributed by atoms with E-state index < -0.39 is 34.0 Å². The van der Waals surface area contributed by atoms with Crippen molar-refractivity contribution in [3.05, 3.63) is 24.3 Å². The van der Waals surface area contributed by atoms with Crippen molar-refractivity contribution in [2.45, 2.75) is 18.2 Å². The number of nitrogens with zero attached hydrogens (tertiary/aromatic N) is 3. The number of hydrogen-bond acceptors (Lipinski definition) is 11. The molecule has 0 saturated heterocycles. The van der Waals surface area contributed by atoms with Gasteiger partial charge in [-0.25, -0.2) is 17.9 Å². The van der Waals surface area contributed by atoms with Crippen molar-refractivity contribution in [3.8, 4) is 17.8 Å². The molecule has 2 N–H and O–H groups in total. The molecule has 0 unspecified atom stereocenters. The van der Waals surface area contributed by atoms with Crippen LogP contribution < -0.4 is 24.2 Å². The fraction of sp³-hybridized carbons (Fsp3) is 0.200. The number of carbonyl (C=O) groups excluding carboxylic acids is 3. The van der Waals surface area contributed by atoms with Crippen LogP contribution in [0.3, 0.4) is 0 Å². The van der Waals surface area contributed by atoms with Crippen LogP contribution in [-0.2, 0) is 19.6 Å². The fourth-order valence-corrected chi connectivity index (χ4v) is 2.95. The van der Waals surface area contributed by atoms with E-state index in [1.165, 1.54) is 18.2 Å². The lowest BCUT2D eigenvalue weighted by Crippen LogP contribution is -2.35. The predicted octanol–water partition coefficient (Wildman–Crippen LogP) is 0.241. The quantitative estimate of drug-likeness (QED) is 0.499. The highest BCUT2D eigenvalue weighted by Crippen LogP contribution is 2.23. The van der Waals surface area contributed by atoms with Gasteiger partial charge in [-0.15, -0.1) is 4.98 Å². The minimum absolute atomic E-state index is 0.0123. The predicted molar refractivity (Wildman–Crippen MR) is 94.8 cm³/mol. The first-order valence-corrected chi connectivity index (χ1v) is 9.40. The van der Waals surface area contributed by atoms with Crippen molar-refractivity contribution < 1.29 is 37.0 Å². The summed E-state index contributed by atoms with van der Waals surface area (Å²) in [7, 11) is -4.31. The van der Waals surface area contributed by atoms with E-state index in [-0.39, 0.29) is 30.2 Å². The van der Waals surface area contributed by atoms with Gasteiger partial charge in [0.1, 0.15) is 10.6 Å². The van der Waals surface area contributed by atoms with Crippen molar-refractivity contribution in [1.82, 2.24) is 19.7 Å². The van der Waals surface area contributed by atoms with Crippen LogP contribution in [0, 0.1) is 0 Å². The summed E-state index contributed by atoms with van der Waals surface area (Å²) in [6.45, 7) is 2.11. The zero-order chi connectivity index (χ0) is 21.3. The van der Waals surface area contributed by atoms with Gasteiger partial charge in [-0.05, 0) is 18.6 Å². The average molecular weight is 425 g/mol. The highest BCUT2D eigenvalue weighted by molar-refractivity contribution is 7.90. The molecule has 0 aliphatic heterocycles. The van der Waals surface area contributed by atoms with Crippen LogP contribution in [0.5, 0.6) is 17.8 Å². The summed E-state index contributed by atoms with van der Waals surface area (Å²) in [5.74, 6) is -0.477. The number of benzene rings is 1. The molecular weight excluding hydrogens is 410 g/mol. The van der Waals surface area contributed by atoms with Gasteiger partial charge in [-0.2, -0.15) is 9.97 Å². The number of ether oxygens (including phenoxy) is 3. The molecule has 1 aromatic heterocycles. The van der Waals surface area contributed by atoms with Gasteiger partial charge in [-0.3, -0.25) is 14.9 Å². The number of rotatable bonds is 10. The Labute approximate surface area is 164 Å². The number of nitrogens with one attached hydrogen (secondary N) is 2. The van der Waals surface area contributed by atoms with E-state index in [0.717, 1.165) is 0 Å². The smallest absolute Gasteiger partial charge is 0.335 e. The Morgan fingerprint density at radius 3 is 2.28 bits per heavy atom. The molecule has 0 aliphatic carbocycles. The van der Waals surface area contributed by atoms with E-state index in [1.54, 1.807) is 10.8 Å². The number of para-hydroxylation sites is 1. The van der Waals surface area contributed by atoms with Crippen molar-refractivity contribution in [3.63, 3.8) is 0 Å². The van der Waals surface area contributed by atoms with E-state index >= 15 is 0 Å². The Kier molecular flexibility index (Phi) is 7.36. The molecule has 1 aromatic carbocycles. The first-order valence-electron chi connectivity index (χ1n) is 7.92. The third kappa shape index (κ3) is 6.10. The number of carbonyl (C=O) groups is 3. The zero-order valence-corrected chi connectivity index (χ0v) is 15.7. The maximum absolute atomic E-state index is 12.5. The molecule has 0 bridgehead atoms. The van der Waals surface area contributed by atoms with Crippen LogP contribution in [0.1, 0.15) is 13.3 Å². The molecule has 13 nitrogen and oxygen atoms in total. The van der Waals surface area contributed by atoms with E-state index in [1.807, 2.05) is 12.2 Å². The Hall–Kier alpha value is -3.81. The average Bonchev–Trinajstić information content (AvgIpc) is 2.66. The summed E-state index contributed by atoms with van der Waals surface area (Å²) in [5.41, 5.74) is 0. The molecule has 0 spiro atoms. The Balaban J connectivity index is 2.20. The summed E-state index contributed by atoms with van der Waals surface area (Å²) in [6.07, 6.45) is 0.651. The third-order valence-corrected chi connectivity index (χ3v) is 4.32. The summed E-state index contributed by atoms with van der Waals surface area (Å²) >= 11 is 0. The van der Waals surface area contributed by atoms with Crippen molar-refractivity contribution in [2.75, 3.05) is 11.9 Å². The van der Waals surface area contributed by atoms with Gasteiger partial charge in [0.2, 0.25) is 5.95 Å². The van der Waals surface area contributed by atoms with Crippen LogP contribution in [0.2, 0.25) is 0 Å². The molecule has 0 radical (unpaired) electrons. The standard InChI is InChI=1S/C15H15N5O8S/c1-2-7-26-10-5-3-4-6-11(10)29(24,25)20-13(23)16-12-17-14(27-8-21)19-15(18-12)28-9-22/h3-6,8-9H,2,7H2,1H3,(H2,16,17,18,19,20,23). The number of urea groups is 1. The topological polar surface area (TPSA) is 176 Å². The number of anilines is 1. The Morgan fingerprint density at radius 1 is 1.07 bits per heavy atom. The van der Waals surface area contributed by atoms with Crippen LogP contribution in [0.15, 0.2) is 29.2 Å². The third-order valence-electron chi connectivity index (χ3n) is 2.95. The molecule has 14 heteroatoms. The molecule has 154 valence electrons. The molecule has 2 rings (SSSR count). The summed E-state index contributed by atoms with van der Waals surface area (Å²) in [5, 5.41) is 2.00. The first-order chi connectivity index (χ1) is 13.9. The summed E-state index contributed by atoms with van der Waals surface area (Å²) < 4.78 is 40.9. The number of sulfonamides is 1. The Morgan fingerprint density at radius 2 is 1.69 bits per heavy atom. The lowest BCUT2D eigenvalue weighted by atomic mass is 10.3. The second-order valence-electron chi connectivity index (χ2n) is 5.01. The number of aromatic nitrogens is 3. The molecule has 29 heavy (non-hydrogen) atoms. The van der Waals surface area contributed by atoms with Gasteiger partial charge >= 0.3 is 31.0 Å². The van der Waals surface area contributed by atoms with Gasteiger partial charge in [0.15, 0.2) is 0 Å². The molecule has 2 amide bonds. The maximum Gasteiger partial charge on any atom is 0.335 e. The van der Waals surface area contributed by atoms with Gasteiger partial charge in [0.25, 0.3) is 10.0 Å². The second kappa shape index (κ2) is 9.93. The SMILES string of the molecule is CCCOc1ccccc1S(=O)(=O)NC(=O)Nc1nc(OC=O)nc(OC=O)n1. The molecule has 2 aromatic rings. The van der Waals surface area contributed by atoms with Gasteiger partial charge in [-0.1, -0.05) is 19.1 Å². The van der Waals surface area contributed by atoms with E-state index in [2.05, 4.69) is 24.4 Å². The molecule has 0 atom stereocenters. The number of amides is 2. The van der Waals surface area contributed by atoms with Crippen LogP contribution in [0.25, 0.3) is 0 Å². The van der Waals surface area contributed by atoms with Crippen LogP contribution in [0.4, 0.5) is 10.7 Å². The highest BCUT2D eigenvalue weighted by Gasteiger charge is 2.23. The minimum atomic E-state index is -4.31. The highest BCUT2D eigenvalue weighted by atomic mass is 32.2. The monoisotopic (exact) mass is 425 g/mol. The van der Waals surface area contributed by atoms with E-state index in [0.29, 0.717) is 6.42 Å². The van der Waals surface area contributed by atoms with Gasteiger partial charge in [0.05, 0.1) is 6.61 Å². The van der Waals surface area contributed by atoms with Crippen molar-refractivity contribution in [1.29, 1.82) is 0 Å². The largest absolute Gasteiger partial charge is 0.492 e. The molecule has 0 aliphatic rings. The lowest BCUT2D eigenvalue weighted by Gasteiger charge is -2.12. The Bertz CT molecular complexity index is 970. The van der Waals surface area contributed by atoms with Crippen molar-refractivity contribution in [2.24, 2.45) is 0 Å². The zero-order valence-electron chi connectivity index (χ0n) is 14.9. The van der Waals surface area contributed by atoms with Gasteiger partial charge < -0.3 is 14.2 Å². The lowest BCUT2D eigenvalue weighted by molar-refractivity contribution is -0.121. The molecular formula is C15H15N5O8S.